The zero-order valence-electron chi connectivity index (χ0n) is 13.0. The fourth-order valence-corrected chi connectivity index (χ4v) is 2.78. The van der Waals surface area contributed by atoms with E-state index in [1.54, 1.807) is 18.4 Å². The first kappa shape index (κ1) is 16.1. The van der Waals surface area contributed by atoms with Crippen LogP contribution in [0.2, 0.25) is 0 Å². The average molecular weight is 420 g/mol. The fourth-order valence-electron chi connectivity index (χ4n) is 2.42. The first-order valence-corrected chi connectivity index (χ1v) is 8.57. The Morgan fingerprint density at radius 2 is 1.91 bits per heavy atom. The summed E-state index contributed by atoms with van der Waals surface area (Å²) in [4.78, 5) is 12.2. The number of halogens is 1. The molecule has 3 aromatic rings. The van der Waals surface area contributed by atoms with E-state index in [0.29, 0.717) is 11.7 Å². The molecule has 4 heteroatoms. The monoisotopic (exact) mass is 420 g/mol. The lowest BCUT2D eigenvalue weighted by atomic mass is 10.00. The smallest absolute Gasteiger partial charge is 0.315 e. The van der Waals surface area contributed by atoms with Crippen molar-refractivity contribution in [1.82, 2.24) is 0 Å². The van der Waals surface area contributed by atoms with Crippen LogP contribution >= 0.6 is 22.6 Å². The SMILES string of the molecule is CC(C)c1ccc2occ(CC(=O)Oc3ccc(I)cc3)c2c1. The summed E-state index contributed by atoms with van der Waals surface area (Å²) in [6.45, 7) is 4.29. The van der Waals surface area contributed by atoms with Crippen molar-refractivity contribution in [2.75, 3.05) is 0 Å². The predicted molar refractivity (Wildman–Crippen MR) is 98.8 cm³/mol. The summed E-state index contributed by atoms with van der Waals surface area (Å²) in [5.41, 5.74) is 2.88. The number of hydrogen-bond donors (Lipinski definition) is 0. The standard InChI is InChI=1S/C19H17IO3/c1-12(2)13-3-8-18-17(9-13)14(11-22-18)10-19(21)23-16-6-4-15(20)5-7-16/h3-9,11-12H,10H2,1-2H3. The van der Waals surface area contributed by atoms with Crippen molar-refractivity contribution in [1.29, 1.82) is 0 Å². The minimum absolute atomic E-state index is 0.195. The number of esters is 1. The van der Waals surface area contributed by atoms with E-state index < -0.39 is 0 Å². The van der Waals surface area contributed by atoms with Gasteiger partial charge in [-0.2, -0.15) is 0 Å². The Bertz CT molecular complexity index is 831. The molecule has 0 amide bonds. The summed E-state index contributed by atoms with van der Waals surface area (Å²) >= 11 is 2.21. The quantitative estimate of drug-likeness (QED) is 0.326. The Morgan fingerprint density at radius 1 is 1.17 bits per heavy atom. The van der Waals surface area contributed by atoms with E-state index in [-0.39, 0.29) is 12.4 Å². The van der Waals surface area contributed by atoms with Crippen molar-refractivity contribution in [2.24, 2.45) is 0 Å². The van der Waals surface area contributed by atoms with E-state index >= 15 is 0 Å². The molecule has 0 fully saturated rings. The van der Waals surface area contributed by atoms with Crippen LogP contribution in [0.3, 0.4) is 0 Å². The van der Waals surface area contributed by atoms with E-state index in [9.17, 15) is 4.79 Å². The van der Waals surface area contributed by atoms with Gasteiger partial charge >= 0.3 is 5.97 Å². The molecular weight excluding hydrogens is 403 g/mol. The molecule has 3 nitrogen and oxygen atoms in total. The molecule has 0 unspecified atom stereocenters. The van der Waals surface area contributed by atoms with Crippen LogP contribution in [0.15, 0.2) is 53.1 Å². The second-order valence-electron chi connectivity index (χ2n) is 5.78. The van der Waals surface area contributed by atoms with Crippen LogP contribution in [-0.4, -0.2) is 5.97 Å². The average Bonchev–Trinajstić information content (AvgIpc) is 2.92. The molecule has 1 aromatic heterocycles. The number of benzene rings is 2. The van der Waals surface area contributed by atoms with Gasteiger partial charge < -0.3 is 9.15 Å². The summed E-state index contributed by atoms with van der Waals surface area (Å²) in [6.07, 6.45) is 1.84. The van der Waals surface area contributed by atoms with Crippen LogP contribution in [0, 0.1) is 3.57 Å². The molecule has 3 rings (SSSR count). The van der Waals surface area contributed by atoms with Crippen LogP contribution in [0.5, 0.6) is 5.75 Å². The molecule has 0 spiro atoms. The van der Waals surface area contributed by atoms with Gasteiger partial charge in [-0.25, -0.2) is 0 Å². The Hall–Kier alpha value is -1.82. The van der Waals surface area contributed by atoms with E-state index in [0.717, 1.165) is 20.1 Å². The zero-order valence-corrected chi connectivity index (χ0v) is 15.2. The van der Waals surface area contributed by atoms with Crippen LogP contribution in [-0.2, 0) is 11.2 Å². The van der Waals surface area contributed by atoms with Gasteiger partial charge in [0.2, 0.25) is 0 Å². The molecule has 2 aromatic carbocycles. The summed E-state index contributed by atoms with van der Waals surface area (Å²) in [7, 11) is 0. The molecule has 0 N–H and O–H groups in total. The zero-order chi connectivity index (χ0) is 16.4. The van der Waals surface area contributed by atoms with Crippen molar-refractivity contribution < 1.29 is 13.9 Å². The van der Waals surface area contributed by atoms with Crippen LogP contribution in [0.25, 0.3) is 11.0 Å². The number of rotatable bonds is 4. The highest BCUT2D eigenvalue weighted by Crippen LogP contribution is 2.26. The molecule has 0 saturated heterocycles. The minimum Gasteiger partial charge on any atom is -0.464 e. The van der Waals surface area contributed by atoms with Gasteiger partial charge in [0.15, 0.2) is 0 Å². The topological polar surface area (TPSA) is 39.4 Å². The van der Waals surface area contributed by atoms with E-state index in [1.807, 2.05) is 18.2 Å². The number of hydrogen-bond acceptors (Lipinski definition) is 3. The molecule has 0 radical (unpaired) electrons. The van der Waals surface area contributed by atoms with Crippen LogP contribution in [0.4, 0.5) is 0 Å². The fraction of sp³-hybridized carbons (Fsp3) is 0.211. The Morgan fingerprint density at radius 3 is 2.61 bits per heavy atom. The second-order valence-corrected chi connectivity index (χ2v) is 7.02. The van der Waals surface area contributed by atoms with Gasteiger partial charge in [-0.05, 0) is 70.5 Å². The van der Waals surface area contributed by atoms with E-state index in [2.05, 4.69) is 48.6 Å². The highest BCUT2D eigenvalue weighted by atomic mass is 127. The Labute approximate surface area is 148 Å². The molecule has 0 bridgehead atoms. The van der Waals surface area contributed by atoms with Gasteiger partial charge in [0, 0.05) is 14.5 Å². The van der Waals surface area contributed by atoms with E-state index in [1.165, 1.54) is 5.56 Å². The summed E-state index contributed by atoms with van der Waals surface area (Å²) in [5.74, 6) is 0.704. The molecule has 0 atom stereocenters. The first-order valence-electron chi connectivity index (χ1n) is 7.49. The van der Waals surface area contributed by atoms with Crippen LogP contribution in [0.1, 0.15) is 30.9 Å². The van der Waals surface area contributed by atoms with Crippen LogP contribution < -0.4 is 4.74 Å². The highest BCUT2D eigenvalue weighted by molar-refractivity contribution is 14.1. The summed E-state index contributed by atoms with van der Waals surface area (Å²) in [5, 5.41) is 0.982. The lowest BCUT2D eigenvalue weighted by molar-refractivity contribution is -0.133. The van der Waals surface area contributed by atoms with Crippen molar-refractivity contribution in [2.45, 2.75) is 26.2 Å². The minimum atomic E-state index is -0.288. The number of ether oxygens (including phenoxy) is 1. The maximum absolute atomic E-state index is 12.2. The third kappa shape index (κ3) is 3.75. The molecule has 0 saturated carbocycles. The lowest BCUT2D eigenvalue weighted by Gasteiger charge is -2.06. The van der Waals surface area contributed by atoms with Crippen molar-refractivity contribution in [3.8, 4) is 5.75 Å². The number of carbonyl (C=O) groups excluding carboxylic acids is 1. The maximum Gasteiger partial charge on any atom is 0.315 e. The summed E-state index contributed by atoms with van der Waals surface area (Å²) < 4.78 is 12.0. The largest absolute Gasteiger partial charge is 0.464 e. The number of fused-ring (bicyclic) bond motifs is 1. The Balaban J connectivity index is 1.79. The molecule has 0 aliphatic rings. The van der Waals surface area contributed by atoms with E-state index in [4.69, 9.17) is 9.15 Å². The molecule has 0 aliphatic heterocycles. The maximum atomic E-state index is 12.2. The molecular formula is C19H17IO3. The lowest BCUT2D eigenvalue weighted by Crippen LogP contribution is -2.10. The first-order chi connectivity index (χ1) is 11.0. The van der Waals surface area contributed by atoms with Gasteiger partial charge in [-0.1, -0.05) is 19.9 Å². The van der Waals surface area contributed by atoms with Crippen molar-refractivity contribution >= 4 is 39.5 Å². The molecule has 0 aliphatic carbocycles. The van der Waals surface area contributed by atoms with Gasteiger partial charge in [0.25, 0.3) is 0 Å². The highest BCUT2D eigenvalue weighted by Gasteiger charge is 2.13. The van der Waals surface area contributed by atoms with Gasteiger partial charge in [0.1, 0.15) is 11.3 Å². The molecule has 23 heavy (non-hydrogen) atoms. The molecule has 118 valence electrons. The van der Waals surface area contributed by atoms with Crippen molar-refractivity contribution in [3.05, 3.63) is 63.4 Å². The third-order valence-corrected chi connectivity index (χ3v) is 4.44. The van der Waals surface area contributed by atoms with Gasteiger partial charge in [-0.15, -0.1) is 0 Å². The number of furan rings is 1. The van der Waals surface area contributed by atoms with Gasteiger partial charge in [-0.3, -0.25) is 4.79 Å². The summed E-state index contributed by atoms with van der Waals surface area (Å²) in [6, 6.07) is 13.5. The normalized spacial score (nSPS) is 11.1. The number of carbonyl (C=O) groups is 1. The Kier molecular flexibility index (Phi) is 4.71. The van der Waals surface area contributed by atoms with Crippen molar-refractivity contribution in [3.63, 3.8) is 0 Å². The van der Waals surface area contributed by atoms with Gasteiger partial charge in [0.05, 0.1) is 12.7 Å². The predicted octanol–water partition coefficient (Wildman–Crippen LogP) is 5.31. The third-order valence-electron chi connectivity index (χ3n) is 3.72. The second kappa shape index (κ2) is 6.74. The molecule has 1 heterocycles.